The van der Waals surface area contributed by atoms with Crippen molar-refractivity contribution >= 4 is 50.7 Å². The predicted octanol–water partition coefficient (Wildman–Crippen LogP) is 4.91. The molecule has 4 aromatic rings. The van der Waals surface area contributed by atoms with Crippen molar-refractivity contribution in [3.05, 3.63) is 59.4 Å². The Labute approximate surface area is 169 Å². The molecule has 0 aliphatic rings. The van der Waals surface area contributed by atoms with Crippen LogP contribution in [0, 0.1) is 0 Å². The molecule has 0 bridgehead atoms. The van der Waals surface area contributed by atoms with Crippen molar-refractivity contribution in [3.8, 4) is 5.75 Å². The first kappa shape index (κ1) is 18.0. The summed E-state index contributed by atoms with van der Waals surface area (Å²) in [6.45, 7) is 0.665. The Morgan fingerprint density at radius 1 is 1.11 bits per heavy atom. The van der Waals surface area contributed by atoms with Crippen molar-refractivity contribution in [1.82, 2.24) is 20.2 Å². The minimum absolute atomic E-state index is 0.651. The van der Waals surface area contributed by atoms with Gasteiger partial charge < -0.3 is 10.1 Å². The van der Waals surface area contributed by atoms with Gasteiger partial charge in [-0.1, -0.05) is 35.1 Å². The fourth-order valence-electron chi connectivity index (χ4n) is 2.41. The Bertz CT molecular complexity index is 1070. The number of halogens is 1. The van der Waals surface area contributed by atoms with Crippen molar-refractivity contribution < 1.29 is 4.74 Å². The number of ether oxygens (including phenoxy) is 1. The van der Waals surface area contributed by atoms with Gasteiger partial charge in [0.1, 0.15) is 17.1 Å². The van der Waals surface area contributed by atoms with Crippen LogP contribution in [0.5, 0.6) is 5.75 Å². The van der Waals surface area contributed by atoms with Crippen LogP contribution in [0.3, 0.4) is 0 Å². The number of benzene rings is 2. The molecule has 0 radical (unpaired) electrons. The lowest BCUT2D eigenvalue weighted by molar-refractivity contribution is 0.414. The maximum Gasteiger partial charge on any atom is 0.206 e. The summed E-state index contributed by atoms with van der Waals surface area (Å²) in [5.74, 6) is 0.840. The number of hydrogen-bond donors (Lipinski definition) is 1. The third-order valence-corrected chi connectivity index (χ3v) is 5.94. The second-order valence-corrected chi connectivity index (χ2v) is 8.17. The molecule has 0 saturated heterocycles. The van der Waals surface area contributed by atoms with E-state index in [0.29, 0.717) is 11.6 Å². The molecule has 4 rings (SSSR count). The number of methoxy groups -OCH3 is 1. The van der Waals surface area contributed by atoms with Crippen LogP contribution in [-0.2, 0) is 6.54 Å². The average molecular weight is 416 g/mol. The Morgan fingerprint density at radius 3 is 2.78 bits per heavy atom. The van der Waals surface area contributed by atoms with Crippen LogP contribution in [0.2, 0.25) is 5.02 Å². The fraction of sp³-hybridized carbons (Fsp3) is 0.111. The lowest BCUT2D eigenvalue weighted by Crippen LogP contribution is -1.98. The normalized spacial score (nSPS) is 10.9. The van der Waals surface area contributed by atoms with Crippen molar-refractivity contribution in [1.29, 1.82) is 0 Å². The van der Waals surface area contributed by atoms with Crippen LogP contribution in [0.25, 0.3) is 10.9 Å². The van der Waals surface area contributed by atoms with E-state index in [1.807, 2.05) is 42.5 Å². The van der Waals surface area contributed by atoms with Crippen molar-refractivity contribution in [2.45, 2.75) is 15.9 Å². The smallest absolute Gasteiger partial charge is 0.206 e. The van der Waals surface area contributed by atoms with Crippen LogP contribution in [0.4, 0.5) is 5.13 Å². The molecular weight excluding hydrogens is 402 g/mol. The highest BCUT2D eigenvalue weighted by Gasteiger charge is 2.11. The number of nitrogens with zero attached hydrogens (tertiary/aromatic N) is 4. The summed E-state index contributed by atoms with van der Waals surface area (Å²) in [4.78, 5) is 8.63. The summed E-state index contributed by atoms with van der Waals surface area (Å²) in [5, 5.41) is 14.9. The molecule has 0 spiro atoms. The number of aromatic nitrogens is 4. The topological polar surface area (TPSA) is 72.8 Å². The van der Waals surface area contributed by atoms with Gasteiger partial charge in [-0.15, -0.1) is 10.2 Å². The van der Waals surface area contributed by atoms with E-state index in [1.165, 1.54) is 29.4 Å². The zero-order valence-electron chi connectivity index (χ0n) is 14.2. The van der Waals surface area contributed by atoms with Gasteiger partial charge in [0.05, 0.1) is 12.6 Å². The number of fused-ring (bicyclic) bond motifs is 1. The van der Waals surface area contributed by atoms with Crippen molar-refractivity contribution in [3.63, 3.8) is 0 Å². The zero-order chi connectivity index (χ0) is 18.6. The maximum absolute atomic E-state index is 6.03. The second-order valence-electron chi connectivity index (χ2n) is 5.52. The van der Waals surface area contributed by atoms with Crippen LogP contribution >= 0.6 is 34.7 Å². The Kier molecular flexibility index (Phi) is 5.38. The lowest BCUT2D eigenvalue weighted by atomic mass is 10.2. The molecule has 6 nitrogen and oxygen atoms in total. The van der Waals surface area contributed by atoms with Crippen LogP contribution < -0.4 is 10.1 Å². The quantitative estimate of drug-likeness (QED) is 0.448. The van der Waals surface area contributed by atoms with Crippen LogP contribution in [-0.4, -0.2) is 27.3 Å². The molecule has 9 heteroatoms. The zero-order valence-corrected chi connectivity index (χ0v) is 16.6. The highest BCUT2D eigenvalue weighted by Crippen LogP contribution is 2.34. The largest absolute Gasteiger partial charge is 0.497 e. The first-order valence-corrected chi connectivity index (χ1v) is 10.0. The van der Waals surface area contributed by atoms with E-state index in [2.05, 4.69) is 25.5 Å². The monoisotopic (exact) mass is 415 g/mol. The SMILES string of the molecule is COc1ccc(CNc2nnc(Sc3ncnc4cc(Cl)ccc34)s2)cc1. The highest BCUT2D eigenvalue weighted by atomic mass is 35.5. The predicted molar refractivity (Wildman–Crippen MR) is 109 cm³/mol. The van der Waals surface area contributed by atoms with E-state index in [-0.39, 0.29) is 0 Å². The van der Waals surface area contributed by atoms with Gasteiger partial charge in [0, 0.05) is 17.0 Å². The van der Waals surface area contributed by atoms with Gasteiger partial charge in [-0.05, 0) is 47.7 Å². The van der Waals surface area contributed by atoms with Gasteiger partial charge in [0.15, 0.2) is 4.34 Å². The third kappa shape index (κ3) is 4.29. The molecule has 0 saturated carbocycles. The molecule has 1 N–H and O–H groups in total. The van der Waals surface area contributed by atoms with Gasteiger partial charge >= 0.3 is 0 Å². The summed E-state index contributed by atoms with van der Waals surface area (Å²) >= 11 is 8.98. The molecule has 2 aromatic heterocycles. The van der Waals surface area contributed by atoms with E-state index in [1.54, 1.807) is 7.11 Å². The first-order chi connectivity index (χ1) is 13.2. The molecular formula is C18H14ClN5OS2. The Hall–Kier alpha value is -2.42. The van der Waals surface area contributed by atoms with E-state index >= 15 is 0 Å². The van der Waals surface area contributed by atoms with Gasteiger partial charge in [-0.3, -0.25) is 0 Å². The second kappa shape index (κ2) is 8.08. The molecule has 136 valence electrons. The molecule has 0 unspecified atom stereocenters. The molecule has 2 heterocycles. The Morgan fingerprint density at radius 2 is 1.96 bits per heavy atom. The lowest BCUT2D eigenvalue weighted by Gasteiger charge is -2.04. The standard InChI is InChI=1S/C18H14ClN5OS2/c1-25-13-5-2-11(3-6-13)9-20-17-23-24-18(27-17)26-16-14-7-4-12(19)8-15(14)21-10-22-16/h2-8,10H,9H2,1H3,(H,20,23). The number of nitrogens with one attached hydrogen (secondary N) is 1. The first-order valence-electron chi connectivity index (χ1n) is 8.00. The summed E-state index contributed by atoms with van der Waals surface area (Å²) in [7, 11) is 1.66. The summed E-state index contributed by atoms with van der Waals surface area (Å²) < 4.78 is 5.98. The molecule has 0 aliphatic carbocycles. The average Bonchev–Trinajstić information content (AvgIpc) is 3.14. The number of rotatable bonds is 6. The minimum Gasteiger partial charge on any atom is -0.497 e. The summed E-state index contributed by atoms with van der Waals surface area (Å²) in [6, 6.07) is 13.5. The highest BCUT2D eigenvalue weighted by molar-refractivity contribution is 8.01. The van der Waals surface area contributed by atoms with E-state index in [9.17, 15) is 0 Å². The van der Waals surface area contributed by atoms with Crippen LogP contribution in [0.1, 0.15) is 5.56 Å². The molecule has 0 amide bonds. The molecule has 27 heavy (non-hydrogen) atoms. The van der Waals surface area contributed by atoms with E-state index in [0.717, 1.165) is 36.7 Å². The summed E-state index contributed by atoms with van der Waals surface area (Å²) in [6.07, 6.45) is 1.53. The molecule has 0 aliphatic heterocycles. The van der Waals surface area contributed by atoms with E-state index < -0.39 is 0 Å². The Balaban J connectivity index is 1.45. The van der Waals surface area contributed by atoms with Gasteiger partial charge in [-0.2, -0.15) is 0 Å². The number of anilines is 1. The van der Waals surface area contributed by atoms with Crippen molar-refractivity contribution in [2.75, 3.05) is 12.4 Å². The third-order valence-electron chi connectivity index (χ3n) is 3.76. The molecule has 2 aromatic carbocycles. The van der Waals surface area contributed by atoms with Crippen LogP contribution in [0.15, 0.2) is 58.2 Å². The van der Waals surface area contributed by atoms with Crippen molar-refractivity contribution in [2.24, 2.45) is 0 Å². The number of hydrogen-bond acceptors (Lipinski definition) is 8. The molecule has 0 atom stereocenters. The van der Waals surface area contributed by atoms with Gasteiger partial charge in [-0.25, -0.2) is 9.97 Å². The van der Waals surface area contributed by atoms with E-state index in [4.69, 9.17) is 16.3 Å². The minimum atomic E-state index is 0.651. The molecule has 0 fully saturated rings. The fourth-order valence-corrected chi connectivity index (χ4v) is 4.32. The maximum atomic E-state index is 6.03. The van der Waals surface area contributed by atoms with Gasteiger partial charge in [0.2, 0.25) is 5.13 Å². The summed E-state index contributed by atoms with van der Waals surface area (Å²) in [5.41, 5.74) is 1.95. The van der Waals surface area contributed by atoms with Gasteiger partial charge in [0.25, 0.3) is 0 Å².